The maximum Gasteiger partial charge on any atom is 0.0642 e. The van der Waals surface area contributed by atoms with Crippen LogP contribution in [0.3, 0.4) is 0 Å². The van der Waals surface area contributed by atoms with Crippen LogP contribution in [0.5, 0.6) is 0 Å². The molecule has 100 valence electrons. The fraction of sp³-hybridized carbons (Fsp3) is 0.600. The second kappa shape index (κ2) is 6.29. The number of anilines is 1. The van der Waals surface area contributed by atoms with Crippen LogP contribution in [0.2, 0.25) is 5.02 Å². The summed E-state index contributed by atoms with van der Waals surface area (Å²) in [6, 6.07) is 7.00. The molecule has 1 aliphatic carbocycles. The van der Waals surface area contributed by atoms with Crippen molar-refractivity contribution in [1.29, 1.82) is 0 Å². The SMILES string of the molecule is CC1CCCCC1N(C)c1ccc(CBr)cc1Cl. The summed E-state index contributed by atoms with van der Waals surface area (Å²) in [5, 5.41) is 1.73. The third-order valence-electron chi connectivity index (χ3n) is 4.11. The van der Waals surface area contributed by atoms with E-state index in [2.05, 4.69) is 53.0 Å². The van der Waals surface area contributed by atoms with E-state index in [1.165, 1.54) is 36.9 Å². The topological polar surface area (TPSA) is 3.24 Å². The molecule has 1 aromatic rings. The highest BCUT2D eigenvalue weighted by Gasteiger charge is 2.26. The van der Waals surface area contributed by atoms with Crippen molar-refractivity contribution in [3.8, 4) is 0 Å². The first kappa shape index (κ1) is 14.2. The average molecular weight is 331 g/mol. The smallest absolute Gasteiger partial charge is 0.0642 e. The van der Waals surface area contributed by atoms with Crippen LogP contribution < -0.4 is 4.90 Å². The normalized spacial score (nSPS) is 24.0. The predicted molar refractivity (Wildman–Crippen MR) is 83.9 cm³/mol. The molecule has 1 aromatic carbocycles. The molecule has 0 bridgehead atoms. The van der Waals surface area contributed by atoms with Crippen molar-refractivity contribution in [3.05, 3.63) is 28.8 Å². The molecular weight excluding hydrogens is 310 g/mol. The summed E-state index contributed by atoms with van der Waals surface area (Å²) >= 11 is 9.87. The van der Waals surface area contributed by atoms with Crippen LogP contribution in [0.15, 0.2) is 18.2 Å². The van der Waals surface area contributed by atoms with Gasteiger partial charge in [0, 0.05) is 18.4 Å². The largest absolute Gasteiger partial charge is 0.370 e. The Morgan fingerprint density at radius 1 is 1.33 bits per heavy atom. The number of benzene rings is 1. The first-order valence-electron chi connectivity index (χ1n) is 6.70. The van der Waals surface area contributed by atoms with Crippen molar-refractivity contribution in [2.75, 3.05) is 11.9 Å². The van der Waals surface area contributed by atoms with Gasteiger partial charge in [0.1, 0.15) is 0 Å². The van der Waals surface area contributed by atoms with Gasteiger partial charge in [-0.05, 0) is 36.5 Å². The minimum absolute atomic E-state index is 0.631. The highest BCUT2D eigenvalue weighted by molar-refractivity contribution is 9.08. The molecule has 0 aromatic heterocycles. The maximum absolute atomic E-state index is 6.41. The molecule has 1 nitrogen and oxygen atoms in total. The van der Waals surface area contributed by atoms with Gasteiger partial charge in [0.25, 0.3) is 0 Å². The maximum atomic E-state index is 6.41. The third kappa shape index (κ3) is 3.03. The molecule has 1 aliphatic rings. The summed E-state index contributed by atoms with van der Waals surface area (Å²) < 4.78 is 0. The van der Waals surface area contributed by atoms with Crippen LogP contribution in [-0.4, -0.2) is 13.1 Å². The van der Waals surface area contributed by atoms with Crippen molar-refractivity contribution < 1.29 is 0 Å². The minimum atomic E-state index is 0.631. The van der Waals surface area contributed by atoms with Gasteiger partial charge in [0.05, 0.1) is 10.7 Å². The number of hydrogen-bond donors (Lipinski definition) is 0. The fourth-order valence-corrected chi connectivity index (χ4v) is 3.66. The zero-order valence-electron chi connectivity index (χ0n) is 11.1. The van der Waals surface area contributed by atoms with Crippen molar-refractivity contribution in [1.82, 2.24) is 0 Å². The number of rotatable bonds is 3. The number of hydrogen-bond acceptors (Lipinski definition) is 1. The molecule has 1 fully saturated rings. The van der Waals surface area contributed by atoms with Gasteiger partial charge in [-0.3, -0.25) is 0 Å². The van der Waals surface area contributed by atoms with E-state index < -0.39 is 0 Å². The number of halogens is 2. The number of alkyl halides is 1. The highest BCUT2D eigenvalue weighted by atomic mass is 79.9. The summed E-state index contributed by atoms with van der Waals surface area (Å²) in [5.74, 6) is 0.760. The summed E-state index contributed by atoms with van der Waals surface area (Å²) in [4.78, 5) is 2.38. The zero-order chi connectivity index (χ0) is 13.1. The van der Waals surface area contributed by atoms with Gasteiger partial charge in [0.2, 0.25) is 0 Å². The van der Waals surface area contributed by atoms with Crippen LogP contribution in [0.25, 0.3) is 0 Å². The van der Waals surface area contributed by atoms with E-state index in [0.29, 0.717) is 6.04 Å². The van der Waals surface area contributed by atoms with Gasteiger partial charge in [-0.2, -0.15) is 0 Å². The lowest BCUT2D eigenvalue weighted by Crippen LogP contribution is -2.39. The second-order valence-electron chi connectivity index (χ2n) is 5.36. The Hall–Kier alpha value is -0.210. The van der Waals surface area contributed by atoms with Gasteiger partial charge in [0.15, 0.2) is 0 Å². The minimum Gasteiger partial charge on any atom is -0.370 e. The van der Waals surface area contributed by atoms with E-state index in [1.54, 1.807) is 0 Å². The van der Waals surface area contributed by atoms with Crippen LogP contribution >= 0.6 is 27.5 Å². The average Bonchev–Trinajstić information content (AvgIpc) is 2.38. The molecule has 0 radical (unpaired) electrons. The molecular formula is C15H21BrClN. The van der Waals surface area contributed by atoms with E-state index in [1.807, 2.05) is 0 Å². The Balaban J connectivity index is 2.19. The fourth-order valence-electron chi connectivity index (χ4n) is 2.97. The molecule has 2 rings (SSSR count). The molecule has 0 saturated heterocycles. The summed E-state index contributed by atoms with van der Waals surface area (Å²) in [6.07, 6.45) is 5.35. The summed E-state index contributed by atoms with van der Waals surface area (Å²) in [7, 11) is 2.18. The Labute approximate surface area is 124 Å². The van der Waals surface area contributed by atoms with Crippen molar-refractivity contribution in [3.63, 3.8) is 0 Å². The van der Waals surface area contributed by atoms with Crippen LogP contribution in [-0.2, 0) is 5.33 Å². The molecule has 18 heavy (non-hydrogen) atoms. The molecule has 0 N–H and O–H groups in total. The van der Waals surface area contributed by atoms with Crippen LogP contribution in [0.4, 0.5) is 5.69 Å². The monoisotopic (exact) mass is 329 g/mol. The highest BCUT2D eigenvalue weighted by Crippen LogP contribution is 2.34. The van der Waals surface area contributed by atoms with E-state index in [-0.39, 0.29) is 0 Å². The van der Waals surface area contributed by atoms with E-state index in [9.17, 15) is 0 Å². The van der Waals surface area contributed by atoms with Gasteiger partial charge in [-0.25, -0.2) is 0 Å². The molecule has 0 amide bonds. The second-order valence-corrected chi connectivity index (χ2v) is 6.33. The molecule has 3 heteroatoms. The lowest BCUT2D eigenvalue weighted by Gasteiger charge is -2.38. The van der Waals surface area contributed by atoms with E-state index in [4.69, 9.17) is 11.6 Å². The molecule has 0 heterocycles. The quantitative estimate of drug-likeness (QED) is 0.684. The molecule has 1 saturated carbocycles. The Morgan fingerprint density at radius 3 is 2.67 bits per heavy atom. The molecule has 2 atom stereocenters. The van der Waals surface area contributed by atoms with Crippen LogP contribution in [0, 0.1) is 5.92 Å². The molecule has 0 aliphatic heterocycles. The summed E-state index contributed by atoms with van der Waals surface area (Å²) in [5.41, 5.74) is 2.40. The first-order valence-corrected chi connectivity index (χ1v) is 8.20. The Morgan fingerprint density at radius 2 is 2.06 bits per heavy atom. The third-order valence-corrected chi connectivity index (χ3v) is 5.06. The van der Waals surface area contributed by atoms with Gasteiger partial charge >= 0.3 is 0 Å². The van der Waals surface area contributed by atoms with Gasteiger partial charge in [-0.1, -0.05) is 53.4 Å². The molecule has 2 unspecified atom stereocenters. The van der Waals surface area contributed by atoms with Crippen molar-refractivity contribution >= 4 is 33.2 Å². The van der Waals surface area contributed by atoms with Crippen molar-refractivity contribution in [2.24, 2.45) is 5.92 Å². The summed E-state index contributed by atoms with van der Waals surface area (Å²) in [6.45, 7) is 2.36. The zero-order valence-corrected chi connectivity index (χ0v) is 13.5. The Bertz CT molecular complexity index is 407. The predicted octanol–water partition coefficient (Wildman–Crippen LogP) is 5.25. The van der Waals surface area contributed by atoms with Gasteiger partial charge < -0.3 is 4.90 Å². The standard InChI is InChI=1S/C15H21BrClN/c1-11-5-3-4-6-14(11)18(2)15-8-7-12(10-16)9-13(15)17/h7-9,11,14H,3-6,10H2,1-2H3. The van der Waals surface area contributed by atoms with Gasteiger partial charge in [-0.15, -0.1) is 0 Å². The lowest BCUT2D eigenvalue weighted by molar-refractivity contribution is 0.321. The first-order chi connectivity index (χ1) is 8.63. The van der Waals surface area contributed by atoms with Crippen LogP contribution in [0.1, 0.15) is 38.2 Å². The van der Waals surface area contributed by atoms with E-state index in [0.717, 1.165) is 16.3 Å². The Kier molecular flexibility index (Phi) is 4.97. The number of nitrogens with zero attached hydrogens (tertiary/aromatic N) is 1. The van der Waals surface area contributed by atoms with E-state index >= 15 is 0 Å². The van der Waals surface area contributed by atoms with Crippen molar-refractivity contribution in [2.45, 2.75) is 44.0 Å². The lowest BCUT2D eigenvalue weighted by atomic mass is 9.85. The molecule has 0 spiro atoms.